The summed E-state index contributed by atoms with van der Waals surface area (Å²) in [6, 6.07) is 7.56. The highest BCUT2D eigenvalue weighted by molar-refractivity contribution is 9.10. The fourth-order valence-electron chi connectivity index (χ4n) is 1.90. The molecule has 0 spiro atoms. The zero-order valence-electron chi connectivity index (χ0n) is 10.9. The van der Waals surface area contributed by atoms with E-state index in [1.807, 2.05) is 36.6 Å². The molecule has 0 aliphatic rings. The maximum absolute atomic E-state index is 12.6. The molecular formula is C15H15BrO2S. The van der Waals surface area contributed by atoms with Gasteiger partial charge >= 0.3 is 0 Å². The highest BCUT2D eigenvalue weighted by atomic mass is 79.9. The number of ether oxygens (including phenoxy) is 1. The second-order valence-corrected chi connectivity index (χ2v) is 5.86. The Morgan fingerprint density at radius 3 is 2.79 bits per heavy atom. The minimum absolute atomic E-state index is 0.0385. The molecule has 1 heterocycles. The molecule has 0 aliphatic carbocycles. The summed E-state index contributed by atoms with van der Waals surface area (Å²) in [6.07, 6.45) is 0.864. The van der Waals surface area contributed by atoms with Gasteiger partial charge in [-0.05, 0) is 48.6 Å². The topological polar surface area (TPSA) is 26.3 Å². The molecule has 0 atom stereocenters. The monoisotopic (exact) mass is 338 g/mol. The first kappa shape index (κ1) is 14.3. The van der Waals surface area contributed by atoms with Crippen molar-refractivity contribution in [3.8, 4) is 5.75 Å². The predicted molar refractivity (Wildman–Crippen MR) is 82.4 cm³/mol. The van der Waals surface area contributed by atoms with Crippen molar-refractivity contribution in [2.75, 3.05) is 6.61 Å². The van der Waals surface area contributed by atoms with E-state index in [1.54, 1.807) is 0 Å². The van der Waals surface area contributed by atoms with Crippen LogP contribution in [0.25, 0.3) is 0 Å². The predicted octanol–water partition coefficient (Wildman–Crippen LogP) is 4.70. The first-order valence-electron chi connectivity index (χ1n) is 6.20. The average molecular weight is 339 g/mol. The Labute approximate surface area is 125 Å². The van der Waals surface area contributed by atoms with Crippen molar-refractivity contribution < 1.29 is 9.53 Å². The molecule has 19 heavy (non-hydrogen) atoms. The van der Waals surface area contributed by atoms with Gasteiger partial charge in [0.1, 0.15) is 5.75 Å². The Bertz CT molecular complexity index is 590. The van der Waals surface area contributed by atoms with Gasteiger partial charge < -0.3 is 4.74 Å². The van der Waals surface area contributed by atoms with Gasteiger partial charge in [0.2, 0.25) is 5.78 Å². The Morgan fingerprint density at radius 2 is 2.11 bits per heavy atom. The van der Waals surface area contributed by atoms with Gasteiger partial charge in [-0.2, -0.15) is 0 Å². The molecule has 0 N–H and O–H groups in total. The van der Waals surface area contributed by atoms with Crippen LogP contribution >= 0.6 is 27.3 Å². The van der Waals surface area contributed by atoms with Crippen LogP contribution in [0.2, 0.25) is 0 Å². The lowest BCUT2D eigenvalue weighted by Gasteiger charge is -2.10. The van der Waals surface area contributed by atoms with E-state index in [-0.39, 0.29) is 5.78 Å². The standard InChI is InChI=1S/C15H15BrO2S/c1-3-10-7-8-19-15(10)14(17)12-9-11(16)5-6-13(12)18-4-2/h5-9H,3-4H2,1-2H3. The molecule has 0 bridgehead atoms. The summed E-state index contributed by atoms with van der Waals surface area (Å²) in [5.74, 6) is 0.683. The zero-order chi connectivity index (χ0) is 13.8. The second kappa shape index (κ2) is 6.35. The van der Waals surface area contributed by atoms with Gasteiger partial charge in [0.25, 0.3) is 0 Å². The van der Waals surface area contributed by atoms with Crippen LogP contribution in [0.5, 0.6) is 5.75 Å². The molecule has 1 aromatic carbocycles. The van der Waals surface area contributed by atoms with Gasteiger partial charge in [-0.15, -0.1) is 11.3 Å². The number of ketones is 1. The maximum atomic E-state index is 12.6. The smallest absolute Gasteiger partial charge is 0.206 e. The molecule has 0 unspecified atom stereocenters. The SMILES string of the molecule is CCOc1ccc(Br)cc1C(=O)c1sccc1CC. The van der Waals surface area contributed by atoms with Crippen molar-refractivity contribution in [2.24, 2.45) is 0 Å². The van der Waals surface area contributed by atoms with Gasteiger partial charge in [-0.25, -0.2) is 0 Å². The largest absolute Gasteiger partial charge is 0.493 e. The molecule has 0 aliphatic heterocycles. The summed E-state index contributed by atoms with van der Waals surface area (Å²) in [6.45, 7) is 4.52. The minimum atomic E-state index is 0.0385. The lowest BCUT2D eigenvalue weighted by molar-refractivity contribution is 0.103. The highest BCUT2D eigenvalue weighted by Crippen LogP contribution is 2.29. The molecule has 0 saturated heterocycles. The quantitative estimate of drug-likeness (QED) is 0.738. The summed E-state index contributed by atoms with van der Waals surface area (Å²) >= 11 is 4.90. The number of carbonyl (C=O) groups is 1. The number of hydrogen-bond donors (Lipinski definition) is 0. The molecule has 0 radical (unpaired) electrons. The van der Waals surface area contributed by atoms with Crippen molar-refractivity contribution in [3.63, 3.8) is 0 Å². The van der Waals surface area contributed by atoms with E-state index in [9.17, 15) is 4.79 Å². The molecule has 0 amide bonds. The van der Waals surface area contributed by atoms with Gasteiger partial charge in [0, 0.05) is 4.47 Å². The summed E-state index contributed by atoms with van der Waals surface area (Å²) < 4.78 is 6.43. The summed E-state index contributed by atoms with van der Waals surface area (Å²) in [4.78, 5) is 13.5. The van der Waals surface area contributed by atoms with E-state index in [0.29, 0.717) is 17.9 Å². The van der Waals surface area contributed by atoms with Gasteiger partial charge in [0.05, 0.1) is 17.0 Å². The van der Waals surface area contributed by atoms with E-state index in [1.165, 1.54) is 11.3 Å². The van der Waals surface area contributed by atoms with Crippen molar-refractivity contribution in [3.05, 3.63) is 50.1 Å². The lowest BCUT2D eigenvalue weighted by Crippen LogP contribution is -2.05. The number of carbonyl (C=O) groups excluding carboxylic acids is 1. The van der Waals surface area contributed by atoms with Crippen LogP contribution in [-0.4, -0.2) is 12.4 Å². The molecule has 4 heteroatoms. The Morgan fingerprint density at radius 1 is 1.32 bits per heavy atom. The van der Waals surface area contributed by atoms with Crippen molar-refractivity contribution >= 4 is 33.0 Å². The highest BCUT2D eigenvalue weighted by Gasteiger charge is 2.18. The van der Waals surface area contributed by atoms with Crippen LogP contribution in [0, 0.1) is 0 Å². The van der Waals surface area contributed by atoms with Crippen LogP contribution in [0.4, 0.5) is 0 Å². The van der Waals surface area contributed by atoms with Crippen molar-refractivity contribution in [2.45, 2.75) is 20.3 Å². The summed E-state index contributed by atoms with van der Waals surface area (Å²) in [5.41, 5.74) is 1.71. The number of rotatable bonds is 5. The minimum Gasteiger partial charge on any atom is -0.493 e. The number of hydrogen-bond acceptors (Lipinski definition) is 3. The van der Waals surface area contributed by atoms with Gasteiger partial charge in [-0.1, -0.05) is 22.9 Å². The van der Waals surface area contributed by atoms with Crippen molar-refractivity contribution in [1.82, 2.24) is 0 Å². The second-order valence-electron chi connectivity index (χ2n) is 4.03. The Kier molecular flexibility index (Phi) is 4.77. The van der Waals surface area contributed by atoms with E-state index < -0.39 is 0 Å². The molecule has 0 fully saturated rings. The first-order chi connectivity index (χ1) is 9.17. The molecule has 0 saturated carbocycles. The normalized spacial score (nSPS) is 10.5. The third-order valence-electron chi connectivity index (χ3n) is 2.82. The lowest BCUT2D eigenvalue weighted by atomic mass is 10.0. The number of thiophene rings is 1. The van der Waals surface area contributed by atoms with E-state index in [4.69, 9.17) is 4.74 Å². The third kappa shape index (κ3) is 3.07. The third-order valence-corrected chi connectivity index (χ3v) is 4.27. The molecule has 2 nitrogen and oxygen atoms in total. The fraction of sp³-hybridized carbons (Fsp3) is 0.267. The number of aryl methyl sites for hydroxylation is 1. The van der Waals surface area contributed by atoms with E-state index in [0.717, 1.165) is 21.3 Å². The van der Waals surface area contributed by atoms with Crippen LogP contribution in [0.3, 0.4) is 0 Å². The average Bonchev–Trinajstić information content (AvgIpc) is 2.88. The van der Waals surface area contributed by atoms with Gasteiger partial charge in [0.15, 0.2) is 0 Å². The maximum Gasteiger partial charge on any atom is 0.206 e. The van der Waals surface area contributed by atoms with Crippen LogP contribution in [0.1, 0.15) is 34.6 Å². The van der Waals surface area contributed by atoms with Gasteiger partial charge in [-0.3, -0.25) is 4.79 Å². The molecule has 2 rings (SSSR count). The Balaban J connectivity index is 2.45. The van der Waals surface area contributed by atoms with Crippen LogP contribution in [0.15, 0.2) is 34.1 Å². The number of halogens is 1. The Hall–Kier alpha value is -1.13. The molecule has 1 aromatic heterocycles. The zero-order valence-corrected chi connectivity index (χ0v) is 13.3. The molecule has 100 valence electrons. The fourth-order valence-corrected chi connectivity index (χ4v) is 3.21. The number of benzene rings is 1. The summed E-state index contributed by atoms with van der Waals surface area (Å²) in [5, 5.41) is 1.96. The first-order valence-corrected chi connectivity index (χ1v) is 7.88. The summed E-state index contributed by atoms with van der Waals surface area (Å²) in [7, 11) is 0. The van der Waals surface area contributed by atoms with Crippen LogP contribution < -0.4 is 4.74 Å². The molecular weight excluding hydrogens is 324 g/mol. The van der Waals surface area contributed by atoms with Crippen molar-refractivity contribution in [1.29, 1.82) is 0 Å². The van der Waals surface area contributed by atoms with E-state index >= 15 is 0 Å². The van der Waals surface area contributed by atoms with E-state index in [2.05, 4.69) is 22.9 Å². The molecule has 2 aromatic rings. The van der Waals surface area contributed by atoms with Crippen LogP contribution in [-0.2, 0) is 6.42 Å².